The van der Waals surface area contributed by atoms with Gasteiger partial charge in [0, 0.05) is 23.8 Å². The third kappa shape index (κ3) is 2.65. The predicted molar refractivity (Wildman–Crippen MR) is 93.9 cm³/mol. The lowest BCUT2D eigenvalue weighted by Gasteiger charge is -2.04. The summed E-state index contributed by atoms with van der Waals surface area (Å²) in [6, 6.07) is 10.2. The molecule has 1 aromatic carbocycles. The molecule has 0 aliphatic carbocycles. The van der Waals surface area contributed by atoms with Gasteiger partial charge in [0.25, 0.3) is 0 Å². The fourth-order valence-electron chi connectivity index (χ4n) is 2.82. The van der Waals surface area contributed by atoms with Crippen LogP contribution in [-0.4, -0.2) is 24.9 Å². The van der Waals surface area contributed by atoms with Crippen LogP contribution in [0.1, 0.15) is 24.8 Å². The van der Waals surface area contributed by atoms with E-state index < -0.39 is 0 Å². The van der Waals surface area contributed by atoms with Gasteiger partial charge in [0.2, 0.25) is 5.16 Å². The number of hydrogen-bond acceptors (Lipinski definition) is 6. The Bertz CT molecular complexity index is 1010. The second-order valence-corrected chi connectivity index (χ2v) is 6.60. The Morgan fingerprint density at radius 2 is 2.08 bits per heavy atom. The average molecular weight is 339 g/mol. The third-order valence-electron chi connectivity index (χ3n) is 3.83. The summed E-state index contributed by atoms with van der Waals surface area (Å²) in [5.41, 5.74) is 3.80. The van der Waals surface area contributed by atoms with Crippen LogP contribution in [0.2, 0.25) is 0 Å². The number of fused-ring (bicyclic) bond motifs is 3. The highest BCUT2D eigenvalue weighted by Crippen LogP contribution is 2.28. The molecule has 0 saturated heterocycles. The predicted octanol–water partition coefficient (Wildman–Crippen LogP) is 3.98. The number of thioether (sulfide) groups is 1. The van der Waals surface area contributed by atoms with E-state index in [1.165, 1.54) is 11.8 Å². The van der Waals surface area contributed by atoms with Crippen LogP contribution in [0.4, 0.5) is 0 Å². The first kappa shape index (κ1) is 15.1. The lowest BCUT2D eigenvalue weighted by molar-refractivity contribution is 0.393. The van der Waals surface area contributed by atoms with Gasteiger partial charge in [0.15, 0.2) is 5.65 Å². The van der Waals surface area contributed by atoms with Gasteiger partial charge in [-0.15, -0.1) is 10.2 Å². The van der Waals surface area contributed by atoms with Gasteiger partial charge in [-0.1, -0.05) is 42.0 Å². The number of aromatic nitrogens is 5. The van der Waals surface area contributed by atoms with Gasteiger partial charge in [-0.2, -0.15) is 0 Å². The molecule has 0 aliphatic heterocycles. The molecule has 0 unspecified atom stereocenters. The number of hydrogen-bond donors (Lipinski definition) is 0. The van der Waals surface area contributed by atoms with E-state index in [1.54, 1.807) is 0 Å². The normalized spacial score (nSPS) is 11.6. The van der Waals surface area contributed by atoms with E-state index in [0.29, 0.717) is 10.9 Å². The molecule has 4 aromatic rings. The van der Waals surface area contributed by atoms with E-state index in [0.717, 1.165) is 46.5 Å². The van der Waals surface area contributed by atoms with Crippen molar-refractivity contribution in [2.75, 3.05) is 0 Å². The molecule has 0 saturated carbocycles. The van der Waals surface area contributed by atoms with Gasteiger partial charge in [-0.3, -0.25) is 0 Å². The summed E-state index contributed by atoms with van der Waals surface area (Å²) in [5, 5.41) is 14.5. The van der Waals surface area contributed by atoms with E-state index in [9.17, 15) is 0 Å². The molecule has 0 aliphatic rings. The highest BCUT2D eigenvalue weighted by molar-refractivity contribution is 7.98. The fourth-order valence-corrected chi connectivity index (χ4v) is 3.49. The van der Waals surface area contributed by atoms with Crippen molar-refractivity contribution in [1.82, 2.24) is 24.9 Å². The Kier molecular flexibility index (Phi) is 3.93. The molecule has 3 heterocycles. The molecular weight excluding hydrogens is 322 g/mol. The van der Waals surface area contributed by atoms with Gasteiger partial charge >= 0.3 is 0 Å². The Morgan fingerprint density at radius 1 is 1.21 bits per heavy atom. The van der Waals surface area contributed by atoms with Gasteiger partial charge in [0.1, 0.15) is 11.3 Å². The van der Waals surface area contributed by atoms with Crippen LogP contribution in [0.25, 0.3) is 22.1 Å². The van der Waals surface area contributed by atoms with Crippen molar-refractivity contribution in [3.05, 3.63) is 41.8 Å². The van der Waals surface area contributed by atoms with Crippen LogP contribution in [0.5, 0.6) is 0 Å². The molecule has 3 aromatic heterocycles. The summed E-state index contributed by atoms with van der Waals surface area (Å²) in [5.74, 6) is 1.47. The van der Waals surface area contributed by atoms with Crippen molar-refractivity contribution in [1.29, 1.82) is 0 Å². The maximum atomic E-state index is 5.09. The summed E-state index contributed by atoms with van der Waals surface area (Å²) in [4.78, 5) is 4.75. The molecule has 0 N–H and O–H groups in total. The minimum absolute atomic E-state index is 0.656. The average Bonchev–Trinajstić information content (AvgIpc) is 3.15. The van der Waals surface area contributed by atoms with E-state index in [4.69, 9.17) is 9.51 Å². The van der Waals surface area contributed by atoms with Crippen LogP contribution in [-0.2, 0) is 12.3 Å². The zero-order chi connectivity index (χ0) is 16.5. The second-order valence-electron chi connectivity index (χ2n) is 5.65. The number of aryl methyl sites for hydroxylation is 2. The lowest BCUT2D eigenvalue weighted by atomic mass is 10.2. The van der Waals surface area contributed by atoms with E-state index in [1.807, 2.05) is 25.1 Å². The van der Waals surface area contributed by atoms with E-state index in [-0.39, 0.29) is 0 Å². The van der Waals surface area contributed by atoms with Crippen molar-refractivity contribution in [2.45, 2.75) is 37.7 Å². The largest absolute Gasteiger partial charge is 0.361 e. The van der Waals surface area contributed by atoms with Crippen LogP contribution >= 0.6 is 11.8 Å². The van der Waals surface area contributed by atoms with Crippen molar-refractivity contribution < 1.29 is 4.52 Å². The Labute approximate surface area is 143 Å². The topological polar surface area (TPSA) is 69.6 Å². The summed E-state index contributed by atoms with van der Waals surface area (Å²) in [6.07, 6.45) is 1.04. The van der Waals surface area contributed by atoms with Crippen LogP contribution in [0.3, 0.4) is 0 Å². The molecule has 0 bridgehead atoms. The Balaban J connectivity index is 1.73. The lowest BCUT2D eigenvalue weighted by Crippen LogP contribution is -2.00. The molecule has 4 rings (SSSR count). The molecule has 7 heteroatoms. The highest BCUT2D eigenvalue weighted by Gasteiger charge is 2.14. The highest BCUT2D eigenvalue weighted by atomic mass is 32.2. The molecule has 0 fully saturated rings. The third-order valence-corrected chi connectivity index (χ3v) is 4.70. The van der Waals surface area contributed by atoms with Gasteiger partial charge in [-0.05, 0) is 19.4 Å². The zero-order valence-corrected chi connectivity index (χ0v) is 14.4. The number of nitrogens with zero attached hydrogens (tertiary/aromatic N) is 5. The second kappa shape index (κ2) is 6.24. The van der Waals surface area contributed by atoms with Gasteiger partial charge < -0.3 is 9.09 Å². The molecule has 6 nitrogen and oxygen atoms in total. The minimum Gasteiger partial charge on any atom is -0.361 e. The van der Waals surface area contributed by atoms with Crippen LogP contribution in [0.15, 0.2) is 40.0 Å². The first-order valence-electron chi connectivity index (χ1n) is 7.93. The zero-order valence-electron chi connectivity index (χ0n) is 13.6. The number of rotatable bonds is 5. The van der Waals surface area contributed by atoms with Crippen molar-refractivity contribution >= 4 is 33.8 Å². The quantitative estimate of drug-likeness (QED) is 0.512. The van der Waals surface area contributed by atoms with Crippen molar-refractivity contribution in [3.63, 3.8) is 0 Å². The summed E-state index contributed by atoms with van der Waals surface area (Å²) in [7, 11) is 0. The monoisotopic (exact) mass is 339 g/mol. The molecule has 0 radical (unpaired) electrons. The maximum absolute atomic E-state index is 5.09. The number of benzene rings is 1. The molecular formula is C17H17N5OS. The Morgan fingerprint density at radius 3 is 2.88 bits per heavy atom. The van der Waals surface area contributed by atoms with Gasteiger partial charge in [0.05, 0.1) is 11.2 Å². The fraction of sp³-hybridized carbons (Fsp3) is 0.294. The van der Waals surface area contributed by atoms with Gasteiger partial charge in [-0.25, -0.2) is 4.98 Å². The Hall–Kier alpha value is -2.41. The molecule has 122 valence electrons. The van der Waals surface area contributed by atoms with Crippen LogP contribution in [0, 0.1) is 6.92 Å². The van der Waals surface area contributed by atoms with Crippen LogP contribution < -0.4 is 0 Å². The standard InChI is InChI=1S/C17H17N5OS/c1-3-8-22-14-7-5-4-6-13(14)15-16(22)18-17(20-19-15)24-10-12-9-11(2)23-21-12/h4-7,9H,3,8,10H2,1-2H3. The van der Waals surface area contributed by atoms with Crippen molar-refractivity contribution in [2.24, 2.45) is 0 Å². The maximum Gasteiger partial charge on any atom is 0.211 e. The van der Waals surface area contributed by atoms with E-state index in [2.05, 4.69) is 39.0 Å². The number of para-hydroxylation sites is 1. The molecule has 24 heavy (non-hydrogen) atoms. The van der Waals surface area contributed by atoms with E-state index >= 15 is 0 Å². The summed E-state index contributed by atoms with van der Waals surface area (Å²) >= 11 is 1.52. The smallest absolute Gasteiger partial charge is 0.211 e. The SMILES string of the molecule is CCCn1c2ccccc2c2nnc(SCc3cc(C)on3)nc21. The minimum atomic E-state index is 0.656. The first-order chi connectivity index (χ1) is 11.8. The molecule has 0 spiro atoms. The molecule has 0 amide bonds. The first-order valence-corrected chi connectivity index (χ1v) is 8.91. The molecule has 0 atom stereocenters. The van der Waals surface area contributed by atoms with Crippen molar-refractivity contribution in [3.8, 4) is 0 Å². The summed E-state index contributed by atoms with van der Waals surface area (Å²) in [6.45, 7) is 4.96. The summed E-state index contributed by atoms with van der Waals surface area (Å²) < 4.78 is 7.32.